The molecular formula is C14H23N3O2. The Morgan fingerprint density at radius 1 is 1.26 bits per heavy atom. The molecule has 19 heavy (non-hydrogen) atoms. The van der Waals surface area contributed by atoms with Crippen LogP contribution in [0.15, 0.2) is 17.1 Å². The fraction of sp³-hybridized carbons (Fsp3) is 0.571. The maximum Gasteiger partial charge on any atom is 0.259 e. The summed E-state index contributed by atoms with van der Waals surface area (Å²) in [6.45, 7) is 5.91. The average Bonchev–Trinajstić information content (AvgIpc) is 2.33. The molecule has 0 saturated carbocycles. The van der Waals surface area contributed by atoms with Crippen LogP contribution in [0.4, 0.5) is 0 Å². The normalized spacial score (nSPS) is 10.8. The van der Waals surface area contributed by atoms with Crippen molar-refractivity contribution in [3.05, 3.63) is 33.7 Å². The molecule has 5 heteroatoms. The van der Waals surface area contributed by atoms with Gasteiger partial charge in [0.1, 0.15) is 5.56 Å². The van der Waals surface area contributed by atoms with E-state index in [9.17, 15) is 9.59 Å². The number of nitrogens with zero attached hydrogens (tertiary/aromatic N) is 2. The Bertz CT molecular complexity index is 480. The smallest absolute Gasteiger partial charge is 0.259 e. The molecule has 1 aromatic heterocycles. The van der Waals surface area contributed by atoms with E-state index >= 15 is 0 Å². The van der Waals surface area contributed by atoms with Gasteiger partial charge in [-0.2, -0.15) is 0 Å². The maximum atomic E-state index is 12.4. The molecule has 0 radical (unpaired) electrons. The monoisotopic (exact) mass is 265 g/mol. The first kappa shape index (κ1) is 15.4. The predicted molar refractivity (Wildman–Crippen MR) is 76.5 cm³/mol. The van der Waals surface area contributed by atoms with Gasteiger partial charge in [-0.15, -0.1) is 0 Å². The highest BCUT2D eigenvalue weighted by Gasteiger charge is 2.17. The van der Waals surface area contributed by atoms with Crippen molar-refractivity contribution >= 4 is 5.91 Å². The van der Waals surface area contributed by atoms with Gasteiger partial charge in [-0.25, -0.2) is 0 Å². The van der Waals surface area contributed by atoms with Crippen molar-refractivity contribution in [1.82, 2.24) is 14.8 Å². The van der Waals surface area contributed by atoms with Crippen LogP contribution in [-0.2, 0) is 0 Å². The number of amides is 1. The van der Waals surface area contributed by atoms with Crippen LogP contribution in [0.1, 0.15) is 29.4 Å². The average molecular weight is 265 g/mol. The standard InChI is InChI=1S/C14H23N3O2/c1-5-6-17(8-7-16(3)4)14(19)12-10-15-11(2)9-13(12)18/h9-10H,5-8H2,1-4H3,(H,15,18). The Kier molecular flexibility index (Phi) is 5.76. The fourth-order valence-electron chi connectivity index (χ4n) is 1.82. The molecule has 0 saturated heterocycles. The van der Waals surface area contributed by atoms with Gasteiger partial charge in [-0.3, -0.25) is 9.59 Å². The lowest BCUT2D eigenvalue weighted by molar-refractivity contribution is 0.0743. The third-order valence-electron chi connectivity index (χ3n) is 2.89. The van der Waals surface area contributed by atoms with E-state index in [0.717, 1.165) is 18.7 Å². The zero-order valence-electron chi connectivity index (χ0n) is 12.2. The summed E-state index contributed by atoms with van der Waals surface area (Å²) in [5.41, 5.74) is 0.766. The first-order valence-corrected chi connectivity index (χ1v) is 6.59. The van der Waals surface area contributed by atoms with Crippen LogP contribution < -0.4 is 5.43 Å². The van der Waals surface area contributed by atoms with E-state index in [-0.39, 0.29) is 16.9 Å². The van der Waals surface area contributed by atoms with E-state index in [1.807, 2.05) is 25.9 Å². The lowest BCUT2D eigenvalue weighted by atomic mass is 10.2. The zero-order chi connectivity index (χ0) is 14.4. The Labute approximate surface area is 114 Å². The SMILES string of the molecule is CCCN(CCN(C)C)C(=O)c1c[nH]c(C)cc1=O. The van der Waals surface area contributed by atoms with Gasteiger partial charge in [-0.05, 0) is 27.4 Å². The number of pyridine rings is 1. The van der Waals surface area contributed by atoms with E-state index in [2.05, 4.69) is 4.98 Å². The third-order valence-corrected chi connectivity index (χ3v) is 2.89. The van der Waals surface area contributed by atoms with Crippen LogP contribution in [0.3, 0.4) is 0 Å². The van der Waals surface area contributed by atoms with Crippen LogP contribution in [0, 0.1) is 6.92 Å². The molecule has 0 aliphatic heterocycles. The van der Waals surface area contributed by atoms with Gasteiger partial charge in [0.2, 0.25) is 0 Å². The topological polar surface area (TPSA) is 56.4 Å². The highest BCUT2D eigenvalue weighted by atomic mass is 16.2. The number of aromatic nitrogens is 1. The summed E-state index contributed by atoms with van der Waals surface area (Å²) in [4.78, 5) is 30.9. The van der Waals surface area contributed by atoms with Gasteiger partial charge < -0.3 is 14.8 Å². The molecule has 1 N–H and O–H groups in total. The van der Waals surface area contributed by atoms with Crippen LogP contribution in [-0.4, -0.2) is 54.4 Å². The first-order valence-electron chi connectivity index (χ1n) is 6.59. The molecule has 1 amide bonds. The molecule has 0 aromatic carbocycles. The summed E-state index contributed by atoms with van der Waals surface area (Å²) in [5, 5.41) is 0. The quantitative estimate of drug-likeness (QED) is 0.838. The molecule has 1 aromatic rings. The van der Waals surface area contributed by atoms with Crippen LogP contribution in [0.25, 0.3) is 0 Å². The Balaban J connectivity index is 2.89. The van der Waals surface area contributed by atoms with Gasteiger partial charge >= 0.3 is 0 Å². The largest absolute Gasteiger partial charge is 0.364 e. The number of carbonyl (C=O) groups is 1. The number of hydrogen-bond donors (Lipinski definition) is 1. The number of hydrogen-bond acceptors (Lipinski definition) is 3. The number of nitrogens with one attached hydrogen (secondary N) is 1. The molecular weight excluding hydrogens is 242 g/mol. The molecule has 1 heterocycles. The molecule has 1 rings (SSSR count). The molecule has 0 atom stereocenters. The van der Waals surface area contributed by atoms with Crippen LogP contribution in [0.2, 0.25) is 0 Å². The second-order valence-corrected chi connectivity index (χ2v) is 4.99. The predicted octanol–water partition coefficient (Wildman–Crippen LogP) is 1.10. The number of rotatable bonds is 6. The summed E-state index contributed by atoms with van der Waals surface area (Å²) in [5.74, 6) is -0.190. The van der Waals surface area contributed by atoms with Crippen LogP contribution >= 0.6 is 0 Å². The minimum Gasteiger partial charge on any atom is -0.364 e. The Hall–Kier alpha value is -1.62. The molecule has 0 fully saturated rings. The van der Waals surface area contributed by atoms with Crippen LogP contribution in [0.5, 0.6) is 0 Å². The molecule has 0 unspecified atom stereocenters. The Morgan fingerprint density at radius 3 is 2.47 bits per heavy atom. The number of aryl methyl sites for hydroxylation is 1. The van der Waals surface area contributed by atoms with Crippen molar-refractivity contribution in [3.63, 3.8) is 0 Å². The van der Waals surface area contributed by atoms with Crippen molar-refractivity contribution in [2.24, 2.45) is 0 Å². The van der Waals surface area contributed by atoms with E-state index in [1.54, 1.807) is 11.8 Å². The van der Waals surface area contributed by atoms with Crippen molar-refractivity contribution in [1.29, 1.82) is 0 Å². The summed E-state index contributed by atoms with van der Waals surface area (Å²) in [7, 11) is 3.93. The lowest BCUT2D eigenvalue weighted by Gasteiger charge is -2.23. The molecule has 5 nitrogen and oxygen atoms in total. The fourth-order valence-corrected chi connectivity index (χ4v) is 1.82. The highest BCUT2D eigenvalue weighted by molar-refractivity contribution is 5.93. The van der Waals surface area contributed by atoms with E-state index in [1.165, 1.54) is 12.3 Å². The zero-order valence-corrected chi connectivity index (χ0v) is 12.2. The van der Waals surface area contributed by atoms with Gasteiger partial charge in [0.05, 0.1) is 0 Å². The third kappa shape index (κ3) is 4.52. The highest BCUT2D eigenvalue weighted by Crippen LogP contribution is 2.02. The number of likely N-dealkylation sites (N-methyl/N-ethyl adjacent to an activating group) is 1. The number of aromatic amines is 1. The van der Waals surface area contributed by atoms with Gasteiger partial charge in [0, 0.05) is 37.6 Å². The second kappa shape index (κ2) is 7.09. The van der Waals surface area contributed by atoms with Crippen molar-refractivity contribution in [2.75, 3.05) is 33.7 Å². The minimum absolute atomic E-state index is 0.190. The molecule has 0 aliphatic rings. The number of carbonyl (C=O) groups excluding carboxylic acids is 1. The number of H-pyrrole nitrogens is 1. The molecule has 0 bridgehead atoms. The molecule has 0 aliphatic carbocycles. The summed E-state index contributed by atoms with van der Waals surface area (Å²) in [6.07, 6.45) is 2.39. The van der Waals surface area contributed by atoms with E-state index < -0.39 is 0 Å². The van der Waals surface area contributed by atoms with E-state index in [0.29, 0.717) is 13.1 Å². The molecule has 0 spiro atoms. The first-order chi connectivity index (χ1) is 8.95. The second-order valence-electron chi connectivity index (χ2n) is 4.99. The maximum absolute atomic E-state index is 12.4. The van der Waals surface area contributed by atoms with E-state index in [4.69, 9.17) is 0 Å². The summed E-state index contributed by atoms with van der Waals surface area (Å²) < 4.78 is 0. The van der Waals surface area contributed by atoms with Crippen molar-refractivity contribution in [2.45, 2.75) is 20.3 Å². The van der Waals surface area contributed by atoms with Gasteiger partial charge in [0.25, 0.3) is 5.91 Å². The lowest BCUT2D eigenvalue weighted by Crippen LogP contribution is -2.39. The Morgan fingerprint density at radius 2 is 1.95 bits per heavy atom. The summed E-state index contributed by atoms with van der Waals surface area (Å²) >= 11 is 0. The van der Waals surface area contributed by atoms with Gasteiger partial charge in [0.15, 0.2) is 5.43 Å². The summed E-state index contributed by atoms with van der Waals surface area (Å²) in [6, 6.07) is 1.46. The van der Waals surface area contributed by atoms with Gasteiger partial charge in [-0.1, -0.05) is 6.92 Å². The molecule has 106 valence electrons. The van der Waals surface area contributed by atoms with Crippen molar-refractivity contribution < 1.29 is 4.79 Å². The minimum atomic E-state index is -0.216. The van der Waals surface area contributed by atoms with Crippen molar-refractivity contribution in [3.8, 4) is 0 Å².